The SMILES string of the molecule is Cn1nc(-c2ccco2)cc1[C@H]1CN2CC[C@H]1C[C@@H]2CNCc1cccc(C#N)c1. The van der Waals surface area contributed by atoms with E-state index < -0.39 is 0 Å². The Bertz CT molecular complexity index is 1050. The molecule has 3 aliphatic heterocycles. The lowest BCUT2D eigenvalue weighted by atomic mass is 9.74. The van der Waals surface area contributed by atoms with Crippen molar-refractivity contribution in [3.05, 3.63) is 65.5 Å². The molecule has 4 atom stereocenters. The summed E-state index contributed by atoms with van der Waals surface area (Å²) < 4.78 is 7.58. The summed E-state index contributed by atoms with van der Waals surface area (Å²) in [5.74, 6) is 2.06. The van der Waals surface area contributed by atoms with Crippen molar-refractivity contribution in [2.24, 2.45) is 13.0 Å². The summed E-state index contributed by atoms with van der Waals surface area (Å²) in [5, 5.41) is 17.4. The van der Waals surface area contributed by atoms with Gasteiger partial charge in [-0.3, -0.25) is 9.58 Å². The number of benzene rings is 1. The van der Waals surface area contributed by atoms with Gasteiger partial charge < -0.3 is 9.73 Å². The molecule has 0 saturated carbocycles. The molecule has 6 heteroatoms. The molecule has 3 aromatic rings. The van der Waals surface area contributed by atoms with Gasteiger partial charge in [0, 0.05) is 44.3 Å². The number of nitriles is 1. The first-order valence-corrected chi connectivity index (χ1v) is 10.7. The van der Waals surface area contributed by atoms with E-state index in [1.54, 1.807) is 6.26 Å². The second-order valence-corrected chi connectivity index (χ2v) is 8.54. The van der Waals surface area contributed by atoms with Crippen LogP contribution in [0.15, 0.2) is 53.1 Å². The molecule has 2 aromatic heterocycles. The van der Waals surface area contributed by atoms with Crippen LogP contribution in [0.3, 0.4) is 0 Å². The minimum Gasteiger partial charge on any atom is -0.463 e. The molecule has 3 fully saturated rings. The zero-order valence-corrected chi connectivity index (χ0v) is 17.3. The average molecular weight is 402 g/mol. The normalized spacial score (nSPS) is 25.3. The number of hydrogen-bond acceptors (Lipinski definition) is 5. The van der Waals surface area contributed by atoms with E-state index in [2.05, 4.69) is 28.4 Å². The van der Waals surface area contributed by atoms with Gasteiger partial charge in [-0.25, -0.2) is 0 Å². The van der Waals surface area contributed by atoms with E-state index in [1.165, 1.54) is 30.6 Å². The first-order valence-electron chi connectivity index (χ1n) is 10.7. The Morgan fingerprint density at radius 3 is 2.97 bits per heavy atom. The van der Waals surface area contributed by atoms with E-state index >= 15 is 0 Å². The lowest BCUT2D eigenvalue weighted by Crippen LogP contribution is -2.55. The van der Waals surface area contributed by atoms with Crippen molar-refractivity contribution < 1.29 is 4.42 Å². The highest BCUT2D eigenvalue weighted by Gasteiger charge is 2.41. The second-order valence-electron chi connectivity index (χ2n) is 8.54. The van der Waals surface area contributed by atoms with Crippen molar-refractivity contribution in [1.29, 1.82) is 5.26 Å². The Kier molecular flexibility index (Phi) is 5.16. The maximum atomic E-state index is 9.07. The van der Waals surface area contributed by atoms with Gasteiger partial charge in [0.2, 0.25) is 0 Å². The van der Waals surface area contributed by atoms with Gasteiger partial charge in [-0.15, -0.1) is 0 Å². The third-order valence-corrected chi connectivity index (χ3v) is 6.71. The van der Waals surface area contributed by atoms with Crippen LogP contribution in [0.2, 0.25) is 0 Å². The predicted octanol–water partition coefficient (Wildman–Crippen LogP) is 3.52. The topological polar surface area (TPSA) is 70.0 Å². The summed E-state index contributed by atoms with van der Waals surface area (Å²) in [6, 6.07) is 16.7. The predicted molar refractivity (Wildman–Crippen MR) is 115 cm³/mol. The zero-order valence-electron chi connectivity index (χ0n) is 17.3. The number of rotatable bonds is 6. The van der Waals surface area contributed by atoms with Gasteiger partial charge in [0.25, 0.3) is 0 Å². The van der Waals surface area contributed by atoms with Crippen LogP contribution in [-0.2, 0) is 13.6 Å². The highest BCUT2D eigenvalue weighted by Crippen LogP contribution is 2.42. The summed E-state index contributed by atoms with van der Waals surface area (Å²) in [4.78, 5) is 2.64. The van der Waals surface area contributed by atoms with E-state index in [1.807, 2.05) is 42.1 Å². The van der Waals surface area contributed by atoms with Gasteiger partial charge in [0.1, 0.15) is 5.69 Å². The fourth-order valence-corrected chi connectivity index (χ4v) is 5.19. The average Bonchev–Trinajstić information content (AvgIpc) is 3.44. The molecule has 6 nitrogen and oxygen atoms in total. The van der Waals surface area contributed by atoms with E-state index in [-0.39, 0.29) is 0 Å². The second kappa shape index (κ2) is 8.10. The molecule has 3 aliphatic rings. The summed E-state index contributed by atoms with van der Waals surface area (Å²) >= 11 is 0. The van der Waals surface area contributed by atoms with Crippen molar-refractivity contribution in [2.75, 3.05) is 19.6 Å². The van der Waals surface area contributed by atoms with Crippen molar-refractivity contribution in [3.63, 3.8) is 0 Å². The minimum atomic E-state index is 0.531. The molecule has 5 heterocycles. The Balaban J connectivity index is 1.22. The van der Waals surface area contributed by atoms with Crippen LogP contribution < -0.4 is 5.32 Å². The van der Waals surface area contributed by atoms with Crippen LogP contribution >= 0.6 is 0 Å². The highest BCUT2D eigenvalue weighted by molar-refractivity contribution is 5.52. The molecule has 6 rings (SSSR count). The lowest BCUT2D eigenvalue weighted by molar-refractivity contribution is 0.0282. The number of aryl methyl sites for hydroxylation is 1. The molecule has 2 bridgehead atoms. The quantitative estimate of drug-likeness (QED) is 0.684. The molecule has 0 amide bonds. The van der Waals surface area contributed by atoms with E-state index in [4.69, 9.17) is 14.8 Å². The molecular weight excluding hydrogens is 374 g/mol. The number of aromatic nitrogens is 2. The Morgan fingerprint density at radius 2 is 2.20 bits per heavy atom. The van der Waals surface area contributed by atoms with Crippen LogP contribution in [-0.4, -0.2) is 40.4 Å². The summed E-state index contributed by atoms with van der Waals surface area (Å²) in [6.07, 6.45) is 4.18. The largest absolute Gasteiger partial charge is 0.463 e. The molecule has 0 aliphatic carbocycles. The Hall–Kier alpha value is -2.88. The standard InChI is InChI=1S/C24H27N5O/c1-28-23(12-22(27-28)24-6-3-9-30-24)21-16-29-8-7-19(21)11-20(29)15-26-14-18-5-2-4-17(10-18)13-25/h2-6,9-10,12,19-21,26H,7-8,11,14-16H2,1H3/t19-,20+,21-/m0/s1. The summed E-state index contributed by atoms with van der Waals surface area (Å²) in [7, 11) is 2.05. The molecule has 1 unspecified atom stereocenters. The zero-order chi connectivity index (χ0) is 20.5. The Labute approximate surface area is 177 Å². The fourth-order valence-electron chi connectivity index (χ4n) is 5.19. The van der Waals surface area contributed by atoms with E-state index in [0.717, 1.165) is 36.7 Å². The molecule has 0 spiro atoms. The van der Waals surface area contributed by atoms with Crippen LogP contribution in [0.25, 0.3) is 11.5 Å². The van der Waals surface area contributed by atoms with Crippen molar-refractivity contribution in [2.45, 2.75) is 31.3 Å². The van der Waals surface area contributed by atoms with Crippen molar-refractivity contribution >= 4 is 0 Å². The number of hydrogen-bond donors (Lipinski definition) is 1. The van der Waals surface area contributed by atoms with Gasteiger partial charge >= 0.3 is 0 Å². The van der Waals surface area contributed by atoms with E-state index in [9.17, 15) is 0 Å². The number of fused-ring (bicyclic) bond motifs is 3. The van der Waals surface area contributed by atoms with Crippen LogP contribution in [0, 0.1) is 17.2 Å². The number of piperidine rings is 3. The molecule has 154 valence electrons. The van der Waals surface area contributed by atoms with Gasteiger partial charge in [-0.1, -0.05) is 12.1 Å². The van der Waals surface area contributed by atoms with Gasteiger partial charge in [-0.05, 0) is 61.2 Å². The lowest BCUT2D eigenvalue weighted by Gasteiger charge is -2.50. The molecular formula is C24H27N5O. The van der Waals surface area contributed by atoms with Crippen molar-refractivity contribution in [1.82, 2.24) is 20.0 Å². The Morgan fingerprint density at radius 1 is 1.27 bits per heavy atom. The van der Waals surface area contributed by atoms with Crippen LogP contribution in [0.4, 0.5) is 0 Å². The third kappa shape index (κ3) is 3.67. The molecule has 1 N–H and O–H groups in total. The van der Waals surface area contributed by atoms with Gasteiger partial charge in [0.15, 0.2) is 5.76 Å². The van der Waals surface area contributed by atoms with Crippen LogP contribution in [0.1, 0.15) is 35.6 Å². The molecule has 0 radical (unpaired) electrons. The monoisotopic (exact) mass is 401 g/mol. The minimum absolute atomic E-state index is 0.531. The molecule has 3 saturated heterocycles. The van der Waals surface area contributed by atoms with Gasteiger partial charge in [-0.2, -0.15) is 10.4 Å². The first kappa shape index (κ1) is 19.1. The molecule has 30 heavy (non-hydrogen) atoms. The maximum Gasteiger partial charge on any atom is 0.154 e. The first-order chi connectivity index (χ1) is 14.7. The maximum absolute atomic E-state index is 9.07. The van der Waals surface area contributed by atoms with Crippen molar-refractivity contribution in [3.8, 4) is 17.5 Å². The fraction of sp³-hybridized carbons (Fsp3) is 0.417. The molecule has 1 aromatic carbocycles. The highest BCUT2D eigenvalue weighted by atomic mass is 16.3. The number of furan rings is 1. The van der Waals surface area contributed by atoms with Crippen LogP contribution in [0.5, 0.6) is 0 Å². The number of nitrogens with zero attached hydrogens (tertiary/aromatic N) is 4. The smallest absolute Gasteiger partial charge is 0.154 e. The van der Waals surface area contributed by atoms with E-state index in [0.29, 0.717) is 17.9 Å². The summed E-state index contributed by atoms with van der Waals surface area (Å²) in [5.41, 5.74) is 4.13. The third-order valence-electron chi connectivity index (χ3n) is 6.71. The van der Waals surface area contributed by atoms with Gasteiger partial charge in [0.05, 0.1) is 17.9 Å². The summed E-state index contributed by atoms with van der Waals surface area (Å²) in [6.45, 7) is 4.07. The number of nitrogens with one attached hydrogen (secondary N) is 1.